The molecule has 0 saturated heterocycles. The molecule has 0 spiro atoms. The summed E-state index contributed by atoms with van der Waals surface area (Å²) in [7, 11) is 0. The van der Waals surface area contributed by atoms with Crippen LogP contribution in [0.4, 0.5) is 10.8 Å². The van der Waals surface area contributed by atoms with Gasteiger partial charge >= 0.3 is 0 Å². The van der Waals surface area contributed by atoms with E-state index >= 15 is 0 Å². The Labute approximate surface area is 177 Å². The van der Waals surface area contributed by atoms with Gasteiger partial charge in [0, 0.05) is 33.5 Å². The number of nitrogens with zero attached hydrogens (tertiary/aromatic N) is 2. The number of nitrogens with one attached hydrogen (secondary N) is 1. The lowest BCUT2D eigenvalue weighted by molar-refractivity contribution is -0.120. The molecule has 29 heavy (non-hydrogen) atoms. The predicted octanol–water partition coefficient (Wildman–Crippen LogP) is 4.74. The monoisotopic (exact) mass is 423 g/mol. The zero-order valence-corrected chi connectivity index (χ0v) is 17.7. The van der Waals surface area contributed by atoms with Crippen LogP contribution in [0.1, 0.15) is 30.2 Å². The molecule has 2 aromatic heterocycles. The van der Waals surface area contributed by atoms with Crippen molar-refractivity contribution in [1.29, 1.82) is 0 Å². The van der Waals surface area contributed by atoms with Crippen molar-refractivity contribution in [2.75, 3.05) is 10.2 Å². The van der Waals surface area contributed by atoms with Crippen LogP contribution in [-0.4, -0.2) is 22.8 Å². The Morgan fingerprint density at radius 2 is 2.10 bits per heavy atom. The van der Waals surface area contributed by atoms with Crippen LogP contribution in [0, 0.1) is 5.92 Å². The summed E-state index contributed by atoms with van der Waals surface area (Å²) in [6.45, 7) is 2.12. The van der Waals surface area contributed by atoms with Gasteiger partial charge in [-0.3, -0.25) is 9.59 Å². The van der Waals surface area contributed by atoms with Gasteiger partial charge in [0.05, 0.1) is 12.1 Å². The number of anilines is 2. The number of thiazole rings is 1. The van der Waals surface area contributed by atoms with Crippen molar-refractivity contribution in [2.24, 2.45) is 5.92 Å². The van der Waals surface area contributed by atoms with Crippen LogP contribution in [0.25, 0.3) is 11.3 Å². The van der Waals surface area contributed by atoms with E-state index in [0.29, 0.717) is 11.6 Å². The maximum absolute atomic E-state index is 12.6. The minimum absolute atomic E-state index is 0.0506. The highest BCUT2D eigenvalue weighted by Gasteiger charge is 2.39. The molecule has 5 rings (SSSR count). The Balaban J connectivity index is 1.32. The molecule has 1 fully saturated rings. The van der Waals surface area contributed by atoms with Crippen LogP contribution in [0.2, 0.25) is 0 Å². The van der Waals surface area contributed by atoms with Crippen LogP contribution >= 0.6 is 22.7 Å². The lowest BCUT2D eigenvalue weighted by atomic mass is 10.1. The number of carbonyl (C=O) groups excluding carboxylic acids is 2. The average Bonchev–Trinajstić information content (AvgIpc) is 3.07. The zero-order chi connectivity index (χ0) is 20.0. The molecule has 5 nitrogen and oxygen atoms in total. The molecular formula is C22H21N3O2S2. The summed E-state index contributed by atoms with van der Waals surface area (Å²) in [4.78, 5) is 32.4. The first-order valence-corrected chi connectivity index (χ1v) is 11.6. The topological polar surface area (TPSA) is 62.3 Å². The summed E-state index contributed by atoms with van der Waals surface area (Å²) in [5.74, 6) is 0.445. The van der Waals surface area contributed by atoms with E-state index in [9.17, 15) is 9.59 Å². The van der Waals surface area contributed by atoms with Crippen molar-refractivity contribution in [2.45, 2.75) is 38.6 Å². The molecule has 0 unspecified atom stereocenters. The summed E-state index contributed by atoms with van der Waals surface area (Å²) in [6, 6.07) is 10.3. The Morgan fingerprint density at radius 1 is 1.24 bits per heavy atom. The van der Waals surface area contributed by atoms with E-state index in [0.717, 1.165) is 41.1 Å². The lowest BCUT2D eigenvalue weighted by Gasteiger charge is -2.22. The highest BCUT2D eigenvalue weighted by Crippen LogP contribution is 2.40. The average molecular weight is 424 g/mol. The fourth-order valence-electron chi connectivity index (χ4n) is 3.85. The largest absolute Gasteiger partial charge is 0.309 e. The summed E-state index contributed by atoms with van der Waals surface area (Å²) >= 11 is 3.01. The molecule has 3 heterocycles. The quantitative estimate of drug-likeness (QED) is 0.645. The first-order chi connectivity index (χ1) is 14.1. The van der Waals surface area contributed by atoms with Crippen LogP contribution in [0.5, 0.6) is 0 Å². The van der Waals surface area contributed by atoms with Gasteiger partial charge in [0.2, 0.25) is 11.8 Å². The molecule has 1 aliphatic carbocycles. The van der Waals surface area contributed by atoms with Gasteiger partial charge in [-0.2, -0.15) is 0 Å². The third-order valence-electron chi connectivity index (χ3n) is 5.42. The van der Waals surface area contributed by atoms with Crippen molar-refractivity contribution in [3.8, 4) is 11.3 Å². The number of hydrogen-bond acceptors (Lipinski definition) is 5. The molecule has 1 aromatic carbocycles. The zero-order valence-electron chi connectivity index (χ0n) is 16.1. The number of thiophene rings is 1. The van der Waals surface area contributed by atoms with Crippen LogP contribution in [0.15, 0.2) is 41.1 Å². The van der Waals surface area contributed by atoms with Gasteiger partial charge in [-0.15, -0.1) is 22.7 Å². The molecule has 2 amide bonds. The molecular weight excluding hydrogens is 402 g/mol. The van der Waals surface area contributed by atoms with Gasteiger partial charge in [0.25, 0.3) is 0 Å². The predicted molar refractivity (Wildman–Crippen MR) is 118 cm³/mol. The third-order valence-corrected chi connectivity index (χ3v) is 7.05. The van der Waals surface area contributed by atoms with Crippen LogP contribution < -0.4 is 10.2 Å². The SMILES string of the molecule is C[C@@H]1Cc2cc(-c3csc(NC(=O)Cc4cccs4)n3)ccc2N1C(=O)C1CC1. The molecule has 1 aliphatic heterocycles. The Morgan fingerprint density at radius 3 is 2.86 bits per heavy atom. The number of benzene rings is 1. The third kappa shape index (κ3) is 3.72. The number of aromatic nitrogens is 1. The number of amides is 2. The van der Waals surface area contributed by atoms with Gasteiger partial charge in [-0.25, -0.2) is 4.98 Å². The molecule has 148 valence electrons. The minimum Gasteiger partial charge on any atom is -0.309 e. The maximum Gasteiger partial charge on any atom is 0.231 e. The van der Waals surface area contributed by atoms with Crippen molar-refractivity contribution in [3.63, 3.8) is 0 Å². The molecule has 0 radical (unpaired) electrons. The van der Waals surface area contributed by atoms with Gasteiger partial charge in [-0.05, 0) is 55.3 Å². The summed E-state index contributed by atoms with van der Waals surface area (Å²) in [6.07, 6.45) is 3.29. The van der Waals surface area contributed by atoms with Gasteiger partial charge in [0.15, 0.2) is 5.13 Å². The second-order valence-electron chi connectivity index (χ2n) is 7.72. The Hall–Kier alpha value is -2.51. The van der Waals surface area contributed by atoms with E-state index in [1.807, 2.05) is 39.9 Å². The smallest absolute Gasteiger partial charge is 0.231 e. The Bertz CT molecular complexity index is 1070. The fourth-order valence-corrected chi connectivity index (χ4v) is 5.29. The highest BCUT2D eigenvalue weighted by molar-refractivity contribution is 7.14. The summed E-state index contributed by atoms with van der Waals surface area (Å²) in [5, 5.41) is 7.44. The highest BCUT2D eigenvalue weighted by atomic mass is 32.1. The van der Waals surface area contributed by atoms with Gasteiger partial charge < -0.3 is 10.2 Å². The van der Waals surface area contributed by atoms with Gasteiger partial charge in [-0.1, -0.05) is 12.1 Å². The van der Waals surface area contributed by atoms with E-state index in [1.54, 1.807) is 11.3 Å². The number of hydrogen-bond donors (Lipinski definition) is 1. The number of fused-ring (bicyclic) bond motifs is 1. The van der Waals surface area contributed by atoms with Crippen molar-refractivity contribution in [1.82, 2.24) is 4.98 Å². The second-order valence-corrected chi connectivity index (χ2v) is 9.61. The van der Waals surface area contributed by atoms with E-state index in [-0.39, 0.29) is 23.8 Å². The first-order valence-electron chi connectivity index (χ1n) is 9.82. The van der Waals surface area contributed by atoms with Crippen LogP contribution in [0.3, 0.4) is 0 Å². The van der Waals surface area contributed by atoms with E-state index in [1.165, 1.54) is 16.9 Å². The number of carbonyl (C=O) groups is 2. The molecule has 1 N–H and O–H groups in total. The molecule has 2 aliphatic rings. The van der Waals surface area contributed by atoms with Crippen molar-refractivity contribution in [3.05, 3.63) is 51.5 Å². The van der Waals surface area contributed by atoms with E-state index < -0.39 is 0 Å². The fraction of sp³-hybridized carbons (Fsp3) is 0.318. The first kappa shape index (κ1) is 18.5. The normalized spacial score (nSPS) is 18.0. The Kier molecular flexibility index (Phi) is 4.72. The summed E-state index contributed by atoms with van der Waals surface area (Å²) < 4.78 is 0. The summed E-state index contributed by atoms with van der Waals surface area (Å²) in [5.41, 5.74) is 4.11. The molecule has 7 heteroatoms. The van der Waals surface area contributed by atoms with E-state index in [4.69, 9.17) is 0 Å². The second kappa shape index (κ2) is 7.39. The maximum atomic E-state index is 12.6. The lowest BCUT2D eigenvalue weighted by Crippen LogP contribution is -2.36. The van der Waals surface area contributed by atoms with Crippen molar-refractivity contribution < 1.29 is 9.59 Å². The minimum atomic E-state index is -0.0506. The van der Waals surface area contributed by atoms with E-state index in [2.05, 4.69) is 23.3 Å². The molecule has 1 atom stereocenters. The molecule has 3 aromatic rings. The molecule has 0 bridgehead atoms. The number of rotatable bonds is 5. The standard InChI is InChI=1S/C22H21N3O2S2/c1-13-9-16-10-15(6-7-19(16)25(13)21(27)14-4-5-14)18-12-29-22(23-18)24-20(26)11-17-3-2-8-28-17/h2-3,6-8,10,12-14H,4-5,9,11H2,1H3,(H,23,24,26)/t13-/m1/s1. The van der Waals surface area contributed by atoms with Crippen molar-refractivity contribution >= 4 is 45.3 Å². The molecule has 1 saturated carbocycles. The van der Waals surface area contributed by atoms with Gasteiger partial charge in [0.1, 0.15) is 0 Å². The van der Waals surface area contributed by atoms with Crippen LogP contribution in [-0.2, 0) is 22.4 Å².